The van der Waals surface area contributed by atoms with Crippen molar-refractivity contribution in [3.63, 3.8) is 0 Å². The van der Waals surface area contributed by atoms with E-state index in [1.807, 2.05) is 0 Å². The minimum Gasteiger partial charge on any atom is -0.361 e. The highest BCUT2D eigenvalue weighted by molar-refractivity contribution is 6.01. The number of para-hydroxylation sites is 2. The molecule has 20 heavy (non-hydrogen) atoms. The Balaban J connectivity index is 2.02. The standard InChI is InChI=1S/C14H11N3O3/c18-14-9-5-1-3-7-11(9)15-13(16-14)10-6-2-4-8-12(10)17(19)20/h1-8,13,15H,(H,16,18)/t13-/m1/s1. The second-order valence-electron chi connectivity index (χ2n) is 4.41. The molecule has 1 aliphatic heterocycles. The molecule has 0 saturated carbocycles. The van der Waals surface area contributed by atoms with Gasteiger partial charge in [0.25, 0.3) is 11.6 Å². The maximum atomic E-state index is 12.0. The molecular weight excluding hydrogens is 258 g/mol. The van der Waals surface area contributed by atoms with Crippen LogP contribution in [-0.4, -0.2) is 10.8 Å². The Kier molecular flexibility index (Phi) is 2.83. The molecule has 1 atom stereocenters. The van der Waals surface area contributed by atoms with Gasteiger partial charge in [-0.2, -0.15) is 0 Å². The molecule has 1 aliphatic rings. The molecule has 0 unspecified atom stereocenters. The monoisotopic (exact) mass is 269 g/mol. The number of nitro benzene ring substituents is 1. The Morgan fingerprint density at radius 3 is 2.50 bits per heavy atom. The average molecular weight is 269 g/mol. The predicted octanol–water partition coefficient (Wildman–Crippen LogP) is 2.45. The molecule has 3 rings (SSSR count). The Morgan fingerprint density at radius 2 is 1.70 bits per heavy atom. The normalized spacial score (nSPS) is 16.8. The zero-order valence-electron chi connectivity index (χ0n) is 10.4. The van der Waals surface area contributed by atoms with Crippen molar-refractivity contribution in [1.82, 2.24) is 5.32 Å². The smallest absolute Gasteiger partial charge is 0.276 e. The van der Waals surface area contributed by atoms with Crippen molar-refractivity contribution in [3.8, 4) is 0 Å². The van der Waals surface area contributed by atoms with Gasteiger partial charge in [-0.15, -0.1) is 0 Å². The van der Waals surface area contributed by atoms with Gasteiger partial charge in [0.1, 0.15) is 6.17 Å². The Labute approximate surface area is 114 Å². The summed E-state index contributed by atoms with van der Waals surface area (Å²) in [6, 6.07) is 13.4. The Morgan fingerprint density at radius 1 is 1.00 bits per heavy atom. The van der Waals surface area contributed by atoms with Gasteiger partial charge in [0, 0.05) is 11.8 Å². The van der Waals surface area contributed by atoms with Gasteiger partial charge in [-0.05, 0) is 18.2 Å². The van der Waals surface area contributed by atoms with Gasteiger partial charge in [-0.1, -0.05) is 24.3 Å². The van der Waals surface area contributed by atoms with E-state index in [2.05, 4.69) is 10.6 Å². The van der Waals surface area contributed by atoms with Crippen LogP contribution in [0.4, 0.5) is 11.4 Å². The molecule has 0 fully saturated rings. The van der Waals surface area contributed by atoms with Gasteiger partial charge < -0.3 is 10.6 Å². The van der Waals surface area contributed by atoms with Crippen LogP contribution < -0.4 is 10.6 Å². The van der Waals surface area contributed by atoms with Crippen molar-refractivity contribution in [3.05, 3.63) is 69.8 Å². The van der Waals surface area contributed by atoms with Crippen LogP contribution in [0.5, 0.6) is 0 Å². The van der Waals surface area contributed by atoms with Gasteiger partial charge in [0.05, 0.1) is 16.1 Å². The number of anilines is 1. The first-order chi connectivity index (χ1) is 9.66. The summed E-state index contributed by atoms with van der Waals surface area (Å²) in [5.74, 6) is -0.248. The van der Waals surface area contributed by atoms with E-state index in [4.69, 9.17) is 0 Å². The van der Waals surface area contributed by atoms with Gasteiger partial charge in [0.15, 0.2) is 0 Å². The topological polar surface area (TPSA) is 84.3 Å². The van der Waals surface area contributed by atoms with E-state index in [0.29, 0.717) is 16.8 Å². The third-order valence-corrected chi connectivity index (χ3v) is 3.19. The average Bonchev–Trinajstić information content (AvgIpc) is 2.47. The number of nitrogens with one attached hydrogen (secondary N) is 2. The van der Waals surface area contributed by atoms with Gasteiger partial charge >= 0.3 is 0 Å². The van der Waals surface area contributed by atoms with Crippen LogP contribution in [-0.2, 0) is 0 Å². The fourth-order valence-electron chi connectivity index (χ4n) is 2.26. The first-order valence-corrected chi connectivity index (χ1v) is 6.06. The molecular formula is C14H11N3O3. The number of fused-ring (bicyclic) bond motifs is 1. The number of nitrogens with zero attached hydrogens (tertiary/aromatic N) is 1. The van der Waals surface area contributed by atoms with E-state index in [0.717, 1.165) is 0 Å². The summed E-state index contributed by atoms with van der Waals surface area (Å²) in [6.07, 6.45) is -0.612. The molecule has 0 spiro atoms. The maximum Gasteiger partial charge on any atom is 0.276 e. The molecule has 1 heterocycles. The quantitative estimate of drug-likeness (QED) is 0.647. The second-order valence-corrected chi connectivity index (χ2v) is 4.41. The summed E-state index contributed by atoms with van der Waals surface area (Å²) in [7, 11) is 0. The molecule has 0 radical (unpaired) electrons. The molecule has 0 aromatic heterocycles. The number of benzene rings is 2. The zero-order valence-corrected chi connectivity index (χ0v) is 10.4. The number of hydrogen-bond donors (Lipinski definition) is 2. The van der Waals surface area contributed by atoms with Crippen molar-refractivity contribution in [2.75, 3.05) is 5.32 Å². The fraction of sp³-hybridized carbons (Fsp3) is 0.0714. The van der Waals surface area contributed by atoms with Crippen molar-refractivity contribution in [2.45, 2.75) is 6.17 Å². The molecule has 0 aliphatic carbocycles. The largest absolute Gasteiger partial charge is 0.361 e. The van der Waals surface area contributed by atoms with Crippen molar-refractivity contribution in [2.24, 2.45) is 0 Å². The lowest BCUT2D eigenvalue weighted by Crippen LogP contribution is -2.38. The number of nitro groups is 1. The zero-order chi connectivity index (χ0) is 14.1. The van der Waals surface area contributed by atoms with Crippen LogP contribution in [0, 0.1) is 10.1 Å². The Hall–Kier alpha value is -2.89. The minimum atomic E-state index is -0.612. The second kappa shape index (κ2) is 4.65. The minimum absolute atomic E-state index is 0.0234. The highest BCUT2D eigenvalue weighted by Crippen LogP contribution is 2.30. The van der Waals surface area contributed by atoms with Crippen LogP contribution in [0.25, 0.3) is 0 Å². The highest BCUT2D eigenvalue weighted by atomic mass is 16.6. The van der Waals surface area contributed by atoms with E-state index in [-0.39, 0.29) is 11.6 Å². The van der Waals surface area contributed by atoms with Crippen LogP contribution in [0.2, 0.25) is 0 Å². The number of rotatable bonds is 2. The summed E-state index contributed by atoms with van der Waals surface area (Å²) in [5, 5.41) is 16.9. The Bertz CT molecular complexity index is 700. The van der Waals surface area contributed by atoms with Crippen LogP contribution >= 0.6 is 0 Å². The van der Waals surface area contributed by atoms with Crippen molar-refractivity contribution >= 4 is 17.3 Å². The molecule has 6 heteroatoms. The third-order valence-electron chi connectivity index (χ3n) is 3.19. The molecule has 1 amide bonds. The van der Waals surface area contributed by atoms with E-state index in [9.17, 15) is 14.9 Å². The molecule has 2 N–H and O–H groups in total. The van der Waals surface area contributed by atoms with E-state index < -0.39 is 11.1 Å². The van der Waals surface area contributed by atoms with Crippen molar-refractivity contribution < 1.29 is 9.72 Å². The molecule has 2 aromatic carbocycles. The van der Waals surface area contributed by atoms with E-state index >= 15 is 0 Å². The summed E-state index contributed by atoms with van der Waals surface area (Å²) in [5.41, 5.74) is 1.60. The molecule has 6 nitrogen and oxygen atoms in total. The molecule has 0 saturated heterocycles. The summed E-state index contributed by atoms with van der Waals surface area (Å²) >= 11 is 0. The van der Waals surface area contributed by atoms with E-state index in [1.165, 1.54) is 6.07 Å². The summed E-state index contributed by atoms with van der Waals surface area (Å²) < 4.78 is 0. The van der Waals surface area contributed by atoms with E-state index in [1.54, 1.807) is 42.5 Å². The van der Waals surface area contributed by atoms with Gasteiger partial charge in [-0.3, -0.25) is 14.9 Å². The first kappa shape index (κ1) is 12.2. The van der Waals surface area contributed by atoms with Crippen LogP contribution in [0.3, 0.4) is 0 Å². The summed E-state index contributed by atoms with van der Waals surface area (Å²) in [4.78, 5) is 22.6. The third kappa shape index (κ3) is 1.97. The number of amides is 1. The lowest BCUT2D eigenvalue weighted by molar-refractivity contribution is -0.385. The molecule has 100 valence electrons. The lowest BCUT2D eigenvalue weighted by atomic mass is 10.0. The molecule has 0 bridgehead atoms. The van der Waals surface area contributed by atoms with Crippen LogP contribution in [0.1, 0.15) is 22.1 Å². The summed E-state index contributed by atoms with van der Waals surface area (Å²) in [6.45, 7) is 0. The predicted molar refractivity (Wildman–Crippen MR) is 73.4 cm³/mol. The number of hydrogen-bond acceptors (Lipinski definition) is 4. The van der Waals surface area contributed by atoms with Gasteiger partial charge in [-0.25, -0.2) is 0 Å². The SMILES string of the molecule is O=C1N[C@H](c2ccccc2[N+](=O)[O-])Nc2ccccc21. The maximum absolute atomic E-state index is 12.0. The fourth-order valence-corrected chi connectivity index (χ4v) is 2.26. The van der Waals surface area contributed by atoms with Gasteiger partial charge in [0.2, 0.25) is 0 Å². The lowest BCUT2D eigenvalue weighted by Gasteiger charge is -2.27. The molecule has 2 aromatic rings. The number of carbonyl (C=O) groups excluding carboxylic acids is 1. The van der Waals surface area contributed by atoms with Crippen LogP contribution in [0.15, 0.2) is 48.5 Å². The number of carbonyl (C=O) groups is 1. The first-order valence-electron chi connectivity index (χ1n) is 6.06. The highest BCUT2D eigenvalue weighted by Gasteiger charge is 2.28. The van der Waals surface area contributed by atoms with Crippen molar-refractivity contribution in [1.29, 1.82) is 0 Å².